The second-order valence-corrected chi connectivity index (χ2v) is 5.24. The Hall–Kier alpha value is -1.39. The van der Waals surface area contributed by atoms with Gasteiger partial charge in [0.2, 0.25) is 5.91 Å². The van der Waals surface area contributed by atoms with Crippen molar-refractivity contribution < 1.29 is 4.79 Å². The molecule has 0 aliphatic carbocycles. The van der Waals surface area contributed by atoms with Crippen LogP contribution in [0.25, 0.3) is 0 Å². The zero-order valence-electron chi connectivity index (χ0n) is 12.0. The lowest BCUT2D eigenvalue weighted by Crippen LogP contribution is -2.50. The normalized spacial score (nSPS) is 25.4. The first-order valence-corrected chi connectivity index (χ1v) is 6.88. The van der Waals surface area contributed by atoms with E-state index in [4.69, 9.17) is 0 Å². The van der Waals surface area contributed by atoms with Crippen molar-refractivity contribution in [2.75, 3.05) is 32.1 Å². The Morgan fingerprint density at radius 1 is 1.32 bits per heavy atom. The molecule has 19 heavy (non-hydrogen) atoms. The van der Waals surface area contributed by atoms with E-state index in [-0.39, 0.29) is 18.0 Å². The first-order chi connectivity index (χ1) is 9.15. The van der Waals surface area contributed by atoms with Gasteiger partial charge in [-0.2, -0.15) is 0 Å². The van der Waals surface area contributed by atoms with E-state index in [9.17, 15) is 4.79 Å². The van der Waals surface area contributed by atoms with Crippen LogP contribution in [0, 0.1) is 0 Å². The molecule has 104 valence electrons. The van der Waals surface area contributed by atoms with Crippen molar-refractivity contribution in [1.82, 2.24) is 10.2 Å². The first kappa shape index (κ1) is 14.0. The number of nitrogens with one attached hydrogen (secondary N) is 1. The highest BCUT2D eigenvalue weighted by Gasteiger charge is 2.34. The summed E-state index contributed by atoms with van der Waals surface area (Å²) < 4.78 is 0. The summed E-state index contributed by atoms with van der Waals surface area (Å²) in [6, 6.07) is 10.1. The number of rotatable bonds is 3. The van der Waals surface area contributed by atoms with Crippen LogP contribution in [0.2, 0.25) is 0 Å². The highest BCUT2D eigenvalue weighted by Crippen LogP contribution is 2.23. The molecule has 1 aliphatic heterocycles. The number of amides is 1. The largest absolute Gasteiger partial charge is 0.318 e. The molecule has 0 bridgehead atoms. The Bertz CT molecular complexity index is 421. The van der Waals surface area contributed by atoms with Crippen LogP contribution in [0.5, 0.6) is 0 Å². The summed E-state index contributed by atoms with van der Waals surface area (Å²) in [5, 5.41) is 3.12. The Morgan fingerprint density at radius 3 is 2.63 bits per heavy atom. The molecule has 0 spiro atoms. The van der Waals surface area contributed by atoms with Gasteiger partial charge in [-0.1, -0.05) is 18.2 Å². The zero-order valence-corrected chi connectivity index (χ0v) is 12.0. The number of benzene rings is 1. The number of anilines is 1. The second-order valence-electron chi connectivity index (χ2n) is 5.24. The topological polar surface area (TPSA) is 35.6 Å². The van der Waals surface area contributed by atoms with Crippen molar-refractivity contribution in [3.05, 3.63) is 30.3 Å². The molecule has 1 aliphatic rings. The van der Waals surface area contributed by atoms with E-state index in [2.05, 4.69) is 17.1 Å². The van der Waals surface area contributed by atoms with Gasteiger partial charge in [-0.15, -0.1) is 0 Å². The minimum absolute atomic E-state index is 0.0878. The van der Waals surface area contributed by atoms with E-state index in [1.54, 1.807) is 0 Å². The summed E-state index contributed by atoms with van der Waals surface area (Å²) in [5.41, 5.74) is 0.997. The molecule has 2 unspecified atom stereocenters. The van der Waals surface area contributed by atoms with E-state index in [0.717, 1.165) is 18.7 Å². The van der Waals surface area contributed by atoms with E-state index in [1.165, 1.54) is 0 Å². The summed E-state index contributed by atoms with van der Waals surface area (Å²) >= 11 is 0. The number of likely N-dealkylation sites (N-methyl/N-ethyl adjacent to an activating group) is 2. The lowest BCUT2D eigenvalue weighted by Gasteiger charge is -2.30. The quantitative estimate of drug-likeness (QED) is 0.891. The van der Waals surface area contributed by atoms with E-state index >= 15 is 0 Å². The van der Waals surface area contributed by atoms with E-state index in [1.807, 2.05) is 49.3 Å². The number of hydrogen-bond acceptors (Lipinski definition) is 3. The molecular formula is C15H23N3O. The van der Waals surface area contributed by atoms with Crippen LogP contribution in [0.1, 0.15) is 13.3 Å². The Morgan fingerprint density at radius 2 is 2.00 bits per heavy atom. The molecule has 1 aromatic rings. The average Bonchev–Trinajstić information content (AvgIpc) is 2.52. The van der Waals surface area contributed by atoms with Gasteiger partial charge in [0, 0.05) is 24.8 Å². The molecule has 1 heterocycles. The third-order valence-corrected chi connectivity index (χ3v) is 3.83. The smallest absolute Gasteiger partial charge is 0.245 e. The van der Waals surface area contributed by atoms with Crippen LogP contribution in [0.15, 0.2) is 30.3 Å². The third kappa shape index (κ3) is 2.96. The van der Waals surface area contributed by atoms with Gasteiger partial charge in [-0.25, -0.2) is 0 Å². The monoisotopic (exact) mass is 261 g/mol. The number of para-hydroxylation sites is 1. The fraction of sp³-hybridized carbons (Fsp3) is 0.533. The van der Waals surface area contributed by atoms with Crippen molar-refractivity contribution in [3.63, 3.8) is 0 Å². The molecular weight excluding hydrogens is 238 g/mol. The SMILES string of the molecule is CNCC1C(=O)N(c2ccccc2)C(C)CCN1C. The number of nitrogens with zero attached hydrogens (tertiary/aromatic N) is 2. The van der Waals surface area contributed by atoms with Gasteiger partial charge in [-0.3, -0.25) is 9.69 Å². The van der Waals surface area contributed by atoms with Gasteiger partial charge < -0.3 is 10.2 Å². The van der Waals surface area contributed by atoms with Crippen LogP contribution < -0.4 is 10.2 Å². The van der Waals surface area contributed by atoms with Crippen molar-refractivity contribution in [3.8, 4) is 0 Å². The van der Waals surface area contributed by atoms with Gasteiger partial charge in [0.1, 0.15) is 6.04 Å². The molecule has 0 saturated carbocycles. The van der Waals surface area contributed by atoms with Crippen LogP contribution >= 0.6 is 0 Å². The predicted octanol–water partition coefficient (Wildman–Crippen LogP) is 1.33. The summed E-state index contributed by atoms with van der Waals surface area (Å²) in [5.74, 6) is 0.188. The van der Waals surface area contributed by atoms with Crippen molar-refractivity contribution in [2.24, 2.45) is 0 Å². The fourth-order valence-corrected chi connectivity index (χ4v) is 2.65. The van der Waals surface area contributed by atoms with Gasteiger partial charge in [0.25, 0.3) is 0 Å². The van der Waals surface area contributed by atoms with Gasteiger partial charge in [-0.05, 0) is 39.6 Å². The molecule has 1 saturated heterocycles. The van der Waals surface area contributed by atoms with Crippen LogP contribution in [0.4, 0.5) is 5.69 Å². The summed E-state index contributed by atoms with van der Waals surface area (Å²) in [4.78, 5) is 16.9. The maximum absolute atomic E-state index is 12.8. The molecule has 1 fully saturated rings. The number of hydrogen-bond donors (Lipinski definition) is 1. The second kappa shape index (κ2) is 6.17. The predicted molar refractivity (Wildman–Crippen MR) is 78.4 cm³/mol. The van der Waals surface area contributed by atoms with E-state index in [0.29, 0.717) is 6.54 Å². The molecule has 1 amide bonds. The Balaban J connectivity index is 2.31. The standard InChI is InChI=1S/C15H23N3O/c1-12-9-10-17(3)14(11-16-2)15(19)18(12)13-7-5-4-6-8-13/h4-8,12,14,16H,9-11H2,1-3H3. The van der Waals surface area contributed by atoms with Gasteiger partial charge in [0.05, 0.1) is 0 Å². The molecule has 4 heteroatoms. The molecule has 2 rings (SSSR count). The van der Waals surface area contributed by atoms with Crippen LogP contribution in [0.3, 0.4) is 0 Å². The molecule has 4 nitrogen and oxygen atoms in total. The maximum atomic E-state index is 12.8. The van der Waals surface area contributed by atoms with Crippen LogP contribution in [-0.2, 0) is 4.79 Å². The number of carbonyl (C=O) groups is 1. The third-order valence-electron chi connectivity index (χ3n) is 3.83. The molecule has 0 radical (unpaired) electrons. The summed E-state index contributed by atoms with van der Waals surface area (Å²) in [6.07, 6.45) is 0.997. The molecule has 2 atom stereocenters. The maximum Gasteiger partial charge on any atom is 0.245 e. The fourth-order valence-electron chi connectivity index (χ4n) is 2.65. The zero-order chi connectivity index (χ0) is 13.8. The van der Waals surface area contributed by atoms with Crippen molar-refractivity contribution in [2.45, 2.75) is 25.4 Å². The highest BCUT2D eigenvalue weighted by atomic mass is 16.2. The van der Waals surface area contributed by atoms with Crippen LogP contribution in [-0.4, -0.2) is 50.1 Å². The Labute approximate surface area is 115 Å². The lowest BCUT2D eigenvalue weighted by molar-refractivity contribution is -0.122. The highest BCUT2D eigenvalue weighted by molar-refractivity contribution is 5.98. The minimum atomic E-state index is -0.0878. The lowest BCUT2D eigenvalue weighted by atomic mass is 10.1. The molecule has 0 aromatic heterocycles. The summed E-state index contributed by atoms with van der Waals surface area (Å²) in [7, 11) is 3.92. The minimum Gasteiger partial charge on any atom is -0.318 e. The van der Waals surface area contributed by atoms with Crippen molar-refractivity contribution >= 4 is 11.6 Å². The molecule has 1 N–H and O–H groups in total. The Kier molecular flexibility index (Phi) is 4.56. The van der Waals surface area contributed by atoms with Gasteiger partial charge >= 0.3 is 0 Å². The molecule has 1 aromatic carbocycles. The summed E-state index contributed by atoms with van der Waals surface area (Å²) in [6.45, 7) is 3.76. The first-order valence-electron chi connectivity index (χ1n) is 6.88. The van der Waals surface area contributed by atoms with Gasteiger partial charge in [0.15, 0.2) is 0 Å². The number of carbonyl (C=O) groups excluding carboxylic acids is 1. The van der Waals surface area contributed by atoms with Crippen molar-refractivity contribution in [1.29, 1.82) is 0 Å². The van der Waals surface area contributed by atoms with E-state index < -0.39 is 0 Å². The average molecular weight is 261 g/mol.